The van der Waals surface area contributed by atoms with Crippen LogP contribution in [0.4, 0.5) is 11.4 Å². The fourth-order valence-electron chi connectivity index (χ4n) is 2.76. The van der Waals surface area contributed by atoms with Gasteiger partial charge in [-0.2, -0.15) is 5.26 Å². The smallest absolute Gasteiger partial charge is 0.101 e. The molecule has 1 aromatic heterocycles. The van der Waals surface area contributed by atoms with Gasteiger partial charge in [-0.05, 0) is 55.3 Å². The van der Waals surface area contributed by atoms with Crippen molar-refractivity contribution in [3.63, 3.8) is 0 Å². The first kappa shape index (κ1) is 16.2. The summed E-state index contributed by atoms with van der Waals surface area (Å²) in [7, 11) is 0. The van der Waals surface area contributed by atoms with E-state index in [-0.39, 0.29) is 0 Å². The molecule has 1 heterocycles. The van der Waals surface area contributed by atoms with E-state index >= 15 is 0 Å². The Morgan fingerprint density at radius 1 is 1.12 bits per heavy atom. The maximum absolute atomic E-state index is 9.05. The molecule has 0 amide bonds. The molecule has 0 fully saturated rings. The Kier molecular flexibility index (Phi) is 4.59. The van der Waals surface area contributed by atoms with Gasteiger partial charge in [0, 0.05) is 23.5 Å². The molecule has 24 heavy (non-hydrogen) atoms. The average Bonchev–Trinajstić information content (AvgIpc) is 3.12. The molecule has 0 saturated carbocycles. The Hall–Kier alpha value is -2.70. The van der Waals surface area contributed by atoms with E-state index in [0.29, 0.717) is 10.6 Å². The van der Waals surface area contributed by atoms with Gasteiger partial charge in [0.1, 0.15) is 6.07 Å². The maximum Gasteiger partial charge on any atom is 0.101 e. The van der Waals surface area contributed by atoms with E-state index in [4.69, 9.17) is 21.3 Å². The number of furan rings is 1. The highest BCUT2D eigenvalue weighted by Gasteiger charge is 2.13. The van der Waals surface area contributed by atoms with Crippen LogP contribution in [0.2, 0.25) is 5.02 Å². The van der Waals surface area contributed by atoms with E-state index in [0.717, 1.165) is 29.0 Å². The van der Waals surface area contributed by atoms with Crippen molar-refractivity contribution in [2.75, 3.05) is 11.4 Å². The molecule has 0 saturated heterocycles. The summed E-state index contributed by atoms with van der Waals surface area (Å²) < 4.78 is 5.19. The molecule has 3 nitrogen and oxygen atoms in total. The number of rotatable bonds is 4. The molecule has 4 heteroatoms. The molecule has 0 bridgehead atoms. The quantitative estimate of drug-likeness (QED) is 0.592. The number of nitrogens with zero attached hydrogens (tertiary/aromatic N) is 2. The lowest BCUT2D eigenvalue weighted by Gasteiger charge is -2.26. The molecular weight excluding hydrogens is 320 g/mol. The molecule has 0 aliphatic carbocycles. The molecule has 120 valence electrons. The number of benzene rings is 2. The van der Waals surface area contributed by atoms with Crippen molar-refractivity contribution in [1.29, 1.82) is 5.26 Å². The molecule has 0 aliphatic rings. The minimum atomic E-state index is 0.470. The van der Waals surface area contributed by atoms with Crippen molar-refractivity contribution >= 4 is 23.0 Å². The lowest BCUT2D eigenvalue weighted by Crippen LogP contribution is -2.17. The zero-order chi connectivity index (χ0) is 17.1. The van der Waals surface area contributed by atoms with Crippen molar-refractivity contribution in [2.45, 2.75) is 13.8 Å². The lowest BCUT2D eigenvalue weighted by atomic mass is 10.0. The summed E-state index contributed by atoms with van der Waals surface area (Å²) in [5.74, 6) is 0. The van der Waals surface area contributed by atoms with Gasteiger partial charge in [0.05, 0.1) is 23.1 Å². The zero-order valence-electron chi connectivity index (χ0n) is 13.6. The first-order valence-corrected chi connectivity index (χ1v) is 8.12. The fraction of sp³-hybridized carbons (Fsp3) is 0.150. The molecule has 0 atom stereocenters. The highest BCUT2D eigenvalue weighted by atomic mass is 35.5. The van der Waals surface area contributed by atoms with Crippen LogP contribution in [0.15, 0.2) is 59.4 Å². The summed E-state index contributed by atoms with van der Waals surface area (Å²) in [5, 5.41) is 9.52. The minimum Gasteiger partial charge on any atom is -0.472 e. The molecule has 2 aromatic carbocycles. The molecule has 0 unspecified atom stereocenters. The highest BCUT2D eigenvalue weighted by Crippen LogP contribution is 2.34. The van der Waals surface area contributed by atoms with Crippen LogP contribution < -0.4 is 4.90 Å². The second kappa shape index (κ2) is 6.82. The highest BCUT2D eigenvalue weighted by molar-refractivity contribution is 6.32. The Labute approximate surface area is 146 Å². The minimum absolute atomic E-state index is 0.470. The third-order valence-corrected chi connectivity index (χ3v) is 4.37. The molecular formula is C20H17ClN2O. The Bertz CT molecular complexity index is 894. The number of hydrogen-bond donors (Lipinski definition) is 0. The van der Waals surface area contributed by atoms with E-state index < -0.39 is 0 Å². The SMILES string of the molecule is CCN(c1ccc(C#N)c(Cl)c1)c1cc(-c2ccoc2)ccc1C. The summed E-state index contributed by atoms with van der Waals surface area (Å²) in [6.45, 7) is 4.97. The van der Waals surface area contributed by atoms with Gasteiger partial charge in [-0.15, -0.1) is 0 Å². The first-order chi connectivity index (χ1) is 11.6. The number of aryl methyl sites for hydroxylation is 1. The standard InChI is InChI=1S/C20H17ClN2O/c1-3-23(18-7-6-16(12-22)19(21)11-18)20-10-15(5-4-14(20)2)17-8-9-24-13-17/h4-11,13H,3H2,1-2H3. The summed E-state index contributed by atoms with van der Waals surface area (Å²) >= 11 is 6.21. The largest absolute Gasteiger partial charge is 0.472 e. The molecule has 0 aliphatic heterocycles. The third kappa shape index (κ3) is 3.02. The van der Waals surface area contributed by atoms with Crippen molar-refractivity contribution < 1.29 is 4.42 Å². The Balaban J connectivity index is 2.06. The van der Waals surface area contributed by atoms with Crippen LogP contribution in [0.3, 0.4) is 0 Å². The van der Waals surface area contributed by atoms with Gasteiger partial charge >= 0.3 is 0 Å². The second-order valence-electron chi connectivity index (χ2n) is 5.53. The van der Waals surface area contributed by atoms with Gasteiger partial charge in [-0.25, -0.2) is 0 Å². The van der Waals surface area contributed by atoms with E-state index in [9.17, 15) is 0 Å². The van der Waals surface area contributed by atoms with Gasteiger partial charge in [0.2, 0.25) is 0 Å². The number of anilines is 2. The van der Waals surface area contributed by atoms with Crippen molar-refractivity contribution in [3.8, 4) is 17.2 Å². The Morgan fingerprint density at radius 2 is 1.96 bits per heavy atom. The molecule has 0 N–H and O–H groups in total. The van der Waals surface area contributed by atoms with Crippen LogP contribution in [0.5, 0.6) is 0 Å². The van der Waals surface area contributed by atoms with Gasteiger partial charge < -0.3 is 9.32 Å². The summed E-state index contributed by atoms with van der Waals surface area (Å²) in [5.41, 5.74) is 5.88. The summed E-state index contributed by atoms with van der Waals surface area (Å²) in [6.07, 6.45) is 3.41. The van der Waals surface area contributed by atoms with Crippen LogP contribution >= 0.6 is 11.6 Å². The number of nitriles is 1. The van der Waals surface area contributed by atoms with Crippen LogP contribution in [-0.2, 0) is 0 Å². The fourth-order valence-corrected chi connectivity index (χ4v) is 2.98. The number of halogens is 1. The second-order valence-corrected chi connectivity index (χ2v) is 5.94. The molecule has 3 aromatic rings. The molecule has 0 radical (unpaired) electrons. The summed E-state index contributed by atoms with van der Waals surface area (Å²) in [4.78, 5) is 2.19. The van der Waals surface area contributed by atoms with Gasteiger partial charge in [0.15, 0.2) is 0 Å². The molecule has 3 rings (SSSR count). The first-order valence-electron chi connectivity index (χ1n) is 7.74. The number of hydrogen-bond acceptors (Lipinski definition) is 3. The molecule has 0 spiro atoms. The zero-order valence-corrected chi connectivity index (χ0v) is 14.3. The Morgan fingerprint density at radius 3 is 2.58 bits per heavy atom. The van der Waals surface area contributed by atoms with Crippen LogP contribution in [0.1, 0.15) is 18.1 Å². The lowest BCUT2D eigenvalue weighted by molar-refractivity contribution is 0.568. The van der Waals surface area contributed by atoms with E-state index in [1.165, 1.54) is 5.56 Å². The average molecular weight is 337 g/mol. The topological polar surface area (TPSA) is 40.2 Å². The predicted molar refractivity (Wildman–Crippen MR) is 97.7 cm³/mol. The summed E-state index contributed by atoms with van der Waals surface area (Å²) in [6, 6.07) is 15.9. The maximum atomic E-state index is 9.05. The van der Waals surface area contributed by atoms with Crippen LogP contribution in [0.25, 0.3) is 11.1 Å². The van der Waals surface area contributed by atoms with Gasteiger partial charge in [-0.3, -0.25) is 0 Å². The predicted octanol–water partition coefficient (Wildman–Crippen LogP) is 5.94. The van der Waals surface area contributed by atoms with Crippen molar-refractivity contribution in [3.05, 3.63) is 71.1 Å². The monoisotopic (exact) mass is 336 g/mol. The van der Waals surface area contributed by atoms with Crippen molar-refractivity contribution in [2.24, 2.45) is 0 Å². The normalized spacial score (nSPS) is 10.4. The van der Waals surface area contributed by atoms with Gasteiger partial charge in [0.25, 0.3) is 0 Å². The van der Waals surface area contributed by atoms with Gasteiger partial charge in [-0.1, -0.05) is 23.7 Å². The van der Waals surface area contributed by atoms with Crippen molar-refractivity contribution in [1.82, 2.24) is 0 Å². The van der Waals surface area contributed by atoms with E-state index in [1.807, 2.05) is 18.2 Å². The van der Waals surface area contributed by atoms with E-state index in [2.05, 4.69) is 43.0 Å². The van der Waals surface area contributed by atoms with Crippen LogP contribution in [0, 0.1) is 18.3 Å². The van der Waals surface area contributed by atoms with E-state index in [1.54, 1.807) is 18.6 Å². The van der Waals surface area contributed by atoms with Crippen LogP contribution in [-0.4, -0.2) is 6.54 Å². The third-order valence-electron chi connectivity index (χ3n) is 4.06.